The summed E-state index contributed by atoms with van der Waals surface area (Å²) in [5.41, 5.74) is 6.80. The van der Waals surface area contributed by atoms with Gasteiger partial charge >= 0.3 is 0 Å². The summed E-state index contributed by atoms with van der Waals surface area (Å²) in [6, 6.07) is 1.00. The highest BCUT2D eigenvalue weighted by Crippen LogP contribution is 2.42. The van der Waals surface area contributed by atoms with Crippen molar-refractivity contribution in [3.63, 3.8) is 0 Å². The van der Waals surface area contributed by atoms with Crippen LogP contribution in [0.2, 0.25) is 0 Å². The van der Waals surface area contributed by atoms with Crippen LogP contribution in [0.1, 0.15) is 81.0 Å². The second kappa shape index (κ2) is 11.1. The fourth-order valence-electron chi connectivity index (χ4n) is 7.53. The van der Waals surface area contributed by atoms with Gasteiger partial charge in [-0.15, -0.1) is 5.10 Å². The second-order valence-corrected chi connectivity index (χ2v) is 12.1. The maximum absolute atomic E-state index is 13.7. The molecule has 6 rings (SSSR count). The summed E-state index contributed by atoms with van der Waals surface area (Å²) in [5.74, 6) is -0.721. The molecule has 38 heavy (non-hydrogen) atoms. The van der Waals surface area contributed by atoms with Gasteiger partial charge in [0.1, 0.15) is 5.56 Å². The van der Waals surface area contributed by atoms with Crippen LogP contribution >= 0.6 is 0 Å². The van der Waals surface area contributed by atoms with E-state index in [9.17, 15) is 9.18 Å². The van der Waals surface area contributed by atoms with Gasteiger partial charge in [0.15, 0.2) is 17.3 Å². The number of nitrogens with one attached hydrogen (secondary N) is 2. The van der Waals surface area contributed by atoms with E-state index >= 15 is 0 Å². The first-order valence-corrected chi connectivity index (χ1v) is 14.8. The second-order valence-electron chi connectivity index (χ2n) is 12.1. The molecular weight excluding hydrogens is 483 g/mol. The van der Waals surface area contributed by atoms with E-state index in [0.717, 1.165) is 51.5 Å². The van der Waals surface area contributed by atoms with Crippen LogP contribution in [0.15, 0.2) is 12.4 Å². The van der Waals surface area contributed by atoms with E-state index in [1.165, 1.54) is 81.3 Å². The van der Waals surface area contributed by atoms with Crippen LogP contribution in [0.25, 0.3) is 5.65 Å². The molecule has 0 bridgehead atoms. The van der Waals surface area contributed by atoms with Gasteiger partial charge in [-0.25, -0.2) is 13.9 Å². The lowest BCUT2D eigenvalue weighted by molar-refractivity contribution is -0.0268. The lowest BCUT2D eigenvalue weighted by Crippen LogP contribution is -2.70. The van der Waals surface area contributed by atoms with Crippen LogP contribution in [-0.4, -0.2) is 87.7 Å². The third-order valence-electron chi connectivity index (χ3n) is 9.52. The van der Waals surface area contributed by atoms with Crippen LogP contribution < -0.4 is 16.4 Å². The van der Waals surface area contributed by atoms with Gasteiger partial charge in [-0.2, -0.15) is 0 Å². The Morgan fingerprint density at radius 1 is 1.03 bits per heavy atom. The van der Waals surface area contributed by atoms with E-state index in [1.54, 1.807) is 0 Å². The highest BCUT2D eigenvalue weighted by atomic mass is 19.1. The van der Waals surface area contributed by atoms with Gasteiger partial charge in [0.25, 0.3) is 5.91 Å². The van der Waals surface area contributed by atoms with Gasteiger partial charge in [-0.1, -0.05) is 44.9 Å². The first-order valence-electron chi connectivity index (χ1n) is 14.8. The molecule has 2 unspecified atom stereocenters. The fraction of sp³-hybridized carbons (Fsp3) is 0.750. The monoisotopic (exact) mass is 526 g/mol. The molecule has 4 heterocycles. The average molecular weight is 527 g/mol. The van der Waals surface area contributed by atoms with Crippen molar-refractivity contribution in [1.82, 2.24) is 35.0 Å². The molecule has 4 N–H and O–H groups in total. The Bertz CT molecular complexity index is 1120. The molecule has 2 saturated carbocycles. The van der Waals surface area contributed by atoms with E-state index < -0.39 is 5.82 Å². The standard InChI is InChI=1S/C28H43FN8O/c29-20-16-32-26-23(25(30)34-37(26)18-20)27(38)33-22-17-31-19-28(10-6-4-2-1-3-5-7-11-28)24(22)36-14-12-35(13-15-36)21-8-9-21/h16,18,21-22,24,31H,1-15,17,19H2,(H2,30,34)(H,33,38). The van der Waals surface area contributed by atoms with E-state index in [0.29, 0.717) is 0 Å². The van der Waals surface area contributed by atoms with Gasteiger partial charge in [0, 0.05) is 56.8 Å². The van der Waals surface area contributed by atoms with Crippen molar-refractivity contribution < 1.29 is 9.18 Å². The Kier molecular flexibility index (Phi) is 7.55. The van der Waals surface area contributed by atoms with Crippen LogP contribution in [0.3, 0.4) is 0 Å². The number of hydrogen-bond acceptors (Lipinski definition) is 7. The summed E-state index contributed by atoms with van der Waals surface area (Å²) >= 11 is 0. The molecule has 2 aliphatic carbocycles. The van der Waals surface area contributed by atoms with E-state index in [4.69, 9.17) is 5.73 Å². The molecule has 208 valence electrons. The Morgan fingerprint density at radius 3 is 2.37 bits per heavy atom. The number of fused-ring (bicyclic) bond motifs is 1. The summed E-state index contributed by atoms with van der Waals surface area (Å²) in [6.45, 7) is 6.06. The zero-order valence-corrected chi connectivity index (χ0v) is 22.5. The van der Waals surface area contributed by atoms with Crippen molar-refractivity contribution in [2.75, 3.05) is 45.0 Å². The number of nitrogen functional groups attached to an aromatic ring is 1. The minimum Gasteiger partial charge on any atom is -0.381 e. The number of anilines is 1. The molecule has 0 radical (unpaired) electrons. The van der Waals surface area contributed by atoms with Gasteiger partial charge in [-0.3, -0.25) is 14.6 Å². The smallest absolute Gasteiger partial charge is 0.259 e. The molecule has 9 nitrogen and oxygen atoms in total. The molecule has 4 aliphatic rings. The summed E-state index contributed by atoms with van der Waals surface area (Å²) in [5, 5.41) is 11.3. The summed E-state index contributed by atoms with van der Waals surface area (Å²) < 4.78 is 15.0. The highest BCUT2D eigenvalue weighted by Gasteiger charge is 2.49. The highest BCUT2D eigenvalue weighted by molar-refractivity contribution is 6.04. The molecular formula is C28H43FN8O. The average Bonchev–Trinajstić information content (AvgIpc) is 3.70. The number of aromatic nitrogens is 3. The lowest BCUT2D eigenvalue weighted by Gasteiger charge is -2.55. The number of rotatable bonds is 4. The number of nitrogens with two attached hydrogens (primary N) is 1. The topological polar surface area (TPSA) is 104 Å². The van der Waals surface area contributed by atoms with Gasteiger partial charge in [0.2, 0.25) is 0 Å². The number of carbonyl (C=O) groups is 1. The zero-order valence-electron chi connectivity index (χ0n) is 22.5. The molecule has 2 aliphatic heterocycles. The third-order valence-corrected chi connectivity index (χ3v) is 9.52. The maximum atomic E-state index is 13.7. The Hall–Kier alpha value is -2.30. The largest absolute Gasteiger partial charge is 0.381 e. The fourth-order valence-corrected chi connectivity index (χ4v) is 7.53. The van der Waals surface area contributed by atoms with E-state index in [1.807, 2.05) is 0 Å². The van der Waals surface area contributed by atoms with Crippen LogP contribution in [-0.2, 0) is 0 Å². The molecule has 2 aromatic heterocycles. The van der Waals surface area contributed by atoms with Crippen molar-refractivity contribution in [2.45, 2.75) is 88.8 Å². The first-order chi connectivity index (χ1) is 18.5. The van der Waals surface area contributed by atoms with Crippen LogP contribution in [0.4, 0.5) is 10.2 Å². The SMILES string of the molecule is Nc1nn2cc(F)cnc2c1C(=O)NC1CNCC2(CCCCCCCCC2)C1N1CCN(C2CC2)CC1. The quantitative estimate of drug-likeness (QED) is 0.563. The van der Waals surface area contributed by atoms with Crippen molar-refractivity contribution in [3.8, 4) is 0 Å². The van der Waals surface area contributed by atoms with E-state index in [2.05, 4.69) is 30.5 Å². The molecule has 1 amide bonds. The molecule has 2 aromatic rings. The number of nitrogens with zero attached hydrogens (tertiary/aromatic N) is 5. The molecule has 10 heteroatoms. The van der Waals surface area contributed by atoms with Gasteiger partial charge in [0.05, 0.1) is 18.4 Å². The molecule has 2 atom stereocenters. The number of hydrogen-bond donors (Lipinski definition) is 3. The number of piperazine rings is 1. The molecule has 2 saturated heterocycles. The first kappa shape index (κ1) is 26.0. The minimum absolute atomic E-state index is 0.0542. The van der Waals surface area contributed by atoms with Crippen molar-refractivity contribution in [1.29, 1.82) is 0 Å². The van der Waals surface area contributed by atoms with Gasteiger partial charge in [-0.05, 0) is 25.7 Å². The van der Waals surface area contributed by atoms with E-state index in [-0.39, 0.29) is 40.4 Å². The van der Waals surface area contributed by atoms with Crippen molar-refractivity contribution in [2.24, 2.45) is 5.41 Å². The number of carbonyl (C=O) groups excluding carboxylic acids is 1. The lowest BCUT2D eigenvalue weighted by atomic mass is 9.66. The summed E-state index contributed by atoms with van der Waals surface area (Å²) in [4.78, 5) is 23.2. The Labute approximate surface area is 224 Å². The normalized spacial score (nSPS) is 27.9. The van der Waals surface area contributed by atoms with Crippen LogP contribution in [0.5, 0.6) is 0 Å². The predicted molar refractivity (Wildman–Crippen MR) is 145 cm³/mol. The van der Waals surface area contributed by atoms with Crippen LogP contribution in [0, 0.1) is 11.2 Å². The van der Waals surface area contributed by atoms with Gasteiger partial charge < -0.3 is 16.4 Å². The number of halogens is 1. The molecule has 0 aromatic carbocycles. The number of amides is 1. The third kappa shape index (κ3) is 5.27. The summed E-state index contributed by atoms with van der Waals surface area (Å²) in [6.07, 6.45) is 16.5. The predicted octanol–water partition coefficient (Wildman–Crippen LogP) is 2.81. The maximum Gasteiger partial charge on any atom is 0.259 e. The summed E-state index contributed by atoms with van der Waals surface area (Å²) in [7, 11) is 0. The Morgan fingerprint density at radius 2 is 1.68 bits per heavy atom. The molecule has 1 spiro atoms. The van der Waals surface area contributed by atoms with Crippen molar-refractivity contribution >= 4 is 17.4 Å². The zero-order chi connectivity index (χ0) is 26.1. The minimum atomic E-state index is -0.521. The van der Waals surface area contributed by atoms with Crippen molar-refractivity contribution in [3.05, 3.63) is 23.8 Å². The Balaban J connectivity index is 1.28. The number of piperidine rings is 1. The molecule has 4 fully saturated rings.